The average Bonchev–Trinajstić information content (AvgIpc) is 2.94. The number of benzene rings is 1. The zero-order valence-corrected chi connectivity index (χ0v) is 9.34. The molecule has 0 unspecified atom stereocenters. The monoisotopic (exact) mass is 252 g/mol. The Morgan fingerprint density at radius 1 is 1.17 bits per heavy atom. The number of amides is 3. The fraction of sp³-hybridized carbons (Fsp3) is 0.182. The summed E-state index contributed by atoms with van der Waals surface area (Å²) in [5.74, 6) is -2.11. The number of carboxylic acids is 1. The van der Waals surface area contributed by atoms with Crippen LogP contribution in [0.4, 0.5) is 4.79 Å². The molecule has 2 rings (SSSR count). The van der Waals surface area contributed by atoms with Gasteiger partial charge in [-0.1, -0.05) is 18.2 Å². The number of hydrogen-bond donors (Lipinski definition) is 4. The molecule has 0 aromatic rings. The van der Waals surface area contributed by atoms with Gasteiger partial charge in [0.15, 0.2) is 0 Å². The molecule has 0 aromatic carbocycles. The summed E-state index contributed by atoms with van der Waals surface area (Å²) in [7, 11) is 0. The fourth-order valence-corrected chi connectivity index (χ4v) is 1.04. The number of aliphatic hydroxyl groups is 1. The van der Waals surface area contributed by atoms with Crippen LogP contribution >= 0.6 is 0 Å². The van der Waals surface area contributed by atoms with Crippen molar-refractivity contribution in [3.8, 4) is 11.1 Å². The van der Waals surface area contributed by atoms with Crippen molar-refractivity contribution in [1.29, 1.82) is 0 Å². The number of rotatable bonds is 3. The van der Waals surface area contributed by atoms with Crippen molar-refractivity contribution in [3.05, 3.63) is 24.3 Å². The molecular formula is C11H12N2O5. The van der Waals surface area contributed by atoms with Gasteiger partial charge in [-0.05, 0) is 17.2 Å². The molecule has 0 saturated carbocycles. The normalized spacial score (nSPS) is 9.61. The van der Waals surface area contributed by atoms with Gasteiger partial charge in [-0.2, -0.15) is 0 Å². The zero-order chi connectivity index (χ0) is 13.5. The van der Waals surface area contributed by atoms with E-state index < -0.39 is 31.1 Å². The minimum absolute atomic E-state index is 0.579. The minimum atomic E-state index is -1.22. The van der Waals surface area contributed by atoms with Crippen LogP contribution in [0.3, 0.4) is 0 Å². The molecule has 0 radical (unpaired) electrons. The standard InChI is InChI=1S/C6H4.C5H8N2O5/c1-2-5-4-6(5)3-1;8-2-3(9)7-5(12)6-1-4(10)11/h1-4H;8H,1-2H2,(H,10,11)(H2,6,7,9,12). The smallest absolute Gasteiger partial charge is 0.323 e. The first-order valence-electron chi connectivity index (χ1n) is 5.03. The van der Waals surface area contributed by atoms with Crippen LogP contribution in [0.5, 0.6) is 0 Å². The molecule has 4 N–H and O–H groups in total. The van der Waals surface area contributed by atoms with Gasteiger partial charge in [-0.25, -0.2) is 4.79 Å². The summed E-state index contributed by atoms with van der Waals surface area (Å²) in [5, 5.41) is 19.8. The second kappa shape index (κ2) is 6.36. The van der Waals surface area contributed by atoms with Crippen LogP contribution in [0, 0.1) is 0 Å². The van der Waals surface area contributed by atoms with Crippen LogP contribution in [-0.4, -0.2) is 41.3 Å². The topological polar surface area (TPSA) is 116 Å². The van der Waals surface area contributed by atoms with Gasteiger partial charge < -0.3 is 15.5 Å². The number of carbonyl (C=O) groups is 3. The van der Waals surface area contributed by atoms with Gasteiger partial charge in [-0.3, -0.25) is 14.9 Å². The third kappa shape index (κ3) is 5.08. The predicted octanol–water partition coefficient (Wildman–Crippen LogP) is -0.444. The van der Waals surface area contributed by atoms with Gasteiger partial charge in [-0.15, -0.1) is 0 Å². The van der Waals surface area contributed by atoms with E-state index in [0.717, 1.165) is 0 Å². The first kappa shape index (κ1) is 13.7. The Balaban J connectivity index is 0.000000217. The number of carbonyl (C=O) groups excluding carboxylic acids is 2. The van der Waals surface area contributed by atoms with E-state index in [1.807, 2.05) is 5.32 Å². The molecule has 18 heavy (non-hydrogen) atoms. The van der Waals surface area contributed by atoms with Crippen LogP contribution in [0.25, 0.3) is 11.1 Å². The summed E-state index contributed by atoms with van der Waals surface area (Å²) in [5.41, 5.74) is 2.85. The Morgan fingerprint density at radius 3 is 2.11 bits per heavy atom. The van der Waals surface area contributed by atoms with E-state index in [1.165, 1.54) is 11.1 Å². The van der Waals surface area contributed by atoms with E-state index in [0.29, 0.717) is 0 Å². The van der Waals surface area contributed by atoms with Crippen LogP contribution < -0.4 is 10.6 Å². The second-order valence-corrected chi connectivity index (χ2v) is 3.36. The Kier molecular flexibility index (Phi) is 4.82. The molecule has 0 atom stereocenters. The molecule has 0 aliphatic heterocycles. The van der Waals surface area contributed by atoms with Gasteiger partial charge in [0, 0.05) is 0 Å². The molecule has 0 spiro atoms. The summed E-state index contributed by atoms with van der Waals surface area (Å²) in [6.45, 7) is -1.40. The van der Waals surface area contributed by atoms with Crippen LogP contribution in [0.2, 0.25) is 0 Å². The fourth-order valence-electron chi connectivity index (χ4n) is 1.04. The predicted molar refractivity (Wildman–Crippen MR) is 61.7 cm³/mol. The molecule has 0 saturated heterocycles. The molecule has 0 bridgehead atoms. The molecule has 7 heteroatoms. The SMILES string of the molecule is O=C(O)CNC(=O)NC(=O)CO.c1cc2cc-2c1. The molecule has 96 valence electrons. The highest BCUT2D eigenvalue weighted by molar-refractivity contribution is 5.95. The minimum Gasteiger partial charge on any atom is -0.480 e. The maximum atomic E-state index is 10.5. The van der Waals surface area contributed by atoms with Crippen molar-refractivity contribution >= 4 is 17.9 Å². The van der Waals surface area contributed by atoms with Crippen molar-refractivity contribution in [3.63, 3.8) is 0 Å². The molecule has 2 aliphatic rings. The van der Waals surface area contributed by atoms with Gasteiger partial charge in [0.1, 0.15) is 13.2 Å². The number of carboxylic acid groups (broad SMARTS) is 1. The van der Waals surface area contributed by atoms with E-state index in [-0.39, 0.29) is 0 Å². The number of imide groups is 1. The van der Waals surface area contributed by atoms with Gasteiger partial charge in [0.2, 0.25) is 0 Å². The van der Waals surface area contributed by atoms with Crippen LogP contribution in [0.15, 0.2) is 24.3 Å². The van der Waals surface area contributed by atoms with Crippen LogP contribution in [0.1, 0.15) is 0 Å². The molecule has 0 aromatic heterocycles. The summed E-state index contributed by atoms with van der Waals surface area (Å²) in [4.78, 5) is 30.7. The number of aliphatic carboxylic acids is 1. The van der Waals surface area contributed by atoms with E-state index in [2.05, 4.69) is 24.3 Å². The summed E-state index contributed by atoms with van der Waals surface area (Å²) >= 11 is 0. The third-order valence-corrected chi connectivity index (χ3v) is 1.91. The maximum Gasteiger partial charge on any atom is 0.323 e. The van der Waals surface area contributed by atoms with E-state index in [1.54, 1.807) is 5.32 Å². The van der Waals surface area contributed by atoms with E-state index in [4.69, 9.17) is 10.2 Å². The van der Waals surface area contributed by atoms with Gasteiger partial charge in [0.05, 0.1) is 0 Å². The maximum absolute atomic E-state index is 10.5. The zero-order valence-electron chi connectivity index (χ0n) is 9.34. The van der Waals surface area contributed by atoms with Crippen LogP contribution in [-0.2, 0) is 9.59 Å². The van der Waals surface area contributed by atoms with E-state index >= 15 is 0 Å². The highest BCUT2D eigenvalue weighted by Crippen LogP contribution is 2.32. The third-order valence-electron chi connectivity index (χ3n) is 1.91. The molecule has 3 amide bonds. The Hall–Kier alpha value is -2.41. The van der Waals surface area contributed by atoms with Crippen molar-refractivity contribution in [1.82, 2.24) is 10.6 Å². The summed E-state index contributed by atoms with van der Waals surface area (Å²) in [6.07, 6.45) is 0. The summed E-state index contributed by atoms with van der Waals surface area (Å²) < 4.78 is 0. The van der Waals surface area contributed by atoms with Gasteiger partial charge >= 0.3 is 12.0 Å². The highest BCUT2D eigenvalue weighted by Gasteiger charge is 2.07. The summed E-state index contributed by atoms with van der Waals surface area (Å²) in [6, 6.07) is 7.53. The van der Waals surface area contributed by atoms with Gasteiger partial charge in [0.25, 0.3) is 5.91 Å². The largest absolute Gasteiger partial charge is 0.480 e. The van der Waals surface area contributed by atoms with Crippen molar-refractivity contribution in [2.75, 3.05) is 13.2 Å². The lowest BCUT2D eigenvalue weighted by Crippen LogP contribution is -2.42. The van der Waals surface area contributed by atoms with Crippen molar-refractivity contribution in [2.45, 2.75) is 0 Å². The lowest BCUT2D eigenvalue weighted by atomic mass is 10.6. The Bertz CT molecular complexity index is 455. The number of urea groups is 1. The number of nitrogens with one attached hydrogen (secondary N) is 2. The Labute approximate surface area is 102 Å². The number of hydrogen-bond acceptors (Lipinski definition) is 4. The molecule has 0 fully saturated rings. The van der Waals surface area contributed by atoms with E-state index in [9.17, 15) is 14.4 Å². The molecule has 7 nitrogen and oxygen atoms in total. The highest BCUT2D eigenvalue weighted by atomic mass is 16.4. The first-order chi connectivity index (χ1) is 8.52. The van der Waals surface area contributed by atoms with Crippen molar-refractivity contribution < 1.29 is 24.6 Å². The average molecular weight is 252 g/mol. The number of aliphatic hydroxyl groups excluding tert-OH is 1. The number of fused-ring (bicyclic) bond motifs is 1. The lowest BCUT2D eigenvalue weighted by molar-refractivity contribution is -0.135. The molecule has 0 heterocycles. The van der Waals surface area contributed by atoms with Crippen molar-refractivity contribution in [2.24, 2.45) is 0 Å². The quantitative estimate of drug-likeness (QED) is 0.590. The molecule has 2 aliphatic carbocycles. The second-order valence-electron chi connectivity index (χ2n) is 3.36. The Morgan fingerprint density at radius 2 is 1.78 bits per heavy atom. The lowest BCUT2D eigenvalue weighted by Gasteiger charge is -2.01. The molecular weight excluding hydrogens is 240 g/mol. The first-order valence-corrected chi connectivity index (χ1v) is 5.03.